The molecule has 1 amide bonds. The maximum atomic E-state index is 11.3. The molecule has 0 bridgehead atoms. The number of aromatic amines is 1. The molecule has 0 spiro atoms. The van der Waals surface area contributed by atoms with Crippen LogP contribution in [0.2, 0.25) is 0 Å². The summed E-state index contributed by atoms with van der Waals surface area (Å²) in [5.41, 5.74) is 0.619. The van der Waals surface area contributed by atoms with Gasteiger partial charge in [0.15, 0.2) is 0 Å². The van der Waals surface area contributed by atoms with Crippen LogP contribution >= 0.6 is 15.9 Å². The zero-order chi connectivity index (χ0) is 8.55. The van der Waals surface area contributed by atoms with Gasteiger partial charge in [-0.25, -0.2) is 0 Å². The lowest BCUT2D eigenvalue weighted by Crippen LogP contribution is -2.25. The number of aromatic nitrogens is 1. The van der Waals surface area contributed by atoms with Crippen LogP contribution in [0.15, 0.2) is 16.7 Å². The number of carbonyl (C=O) groups is 1. The Labute approximate surface area is 78.7 Å². The molecule has 1 aromatic rings. The van der Waals surface area contributed by atoms with E-state index in [4.69, 9.17) is 0 Å². The molecule has 0 aromatic carbocycles. The number of carbonyl (C=O) groups excluding carboxylic acids is 1. The summed E-state index contributed by atoms with van der Waals surface area (Å²) in [6.07, 6.45) is 3.99. The summed E-state index contributed by atoms with van der Waals surface area (Å²) in [4.78, 5) is 14.2. The van der Waals surface area contributed by atoms with Gasteiger partial charge >= 0.3 is 0 Å². The van der Waals surface area contributed by atoms with Crippen molar-refractivity contribution in [1.82, 2.24) is 10.3 Å². The van der Waals surface area contributed by atoms with Crippen molar-refractivity contribution in [1.29, 1.82) is 0 Å². The van der Waals surface area contributed by atoms with E-state index in [-0.39, 0.29) is 5.91 Å². The number of hydrogen-bond acceptors (Lipinski definition) is 1. The second-order valence-electron chi connectivity index (χ2n) is 2.98. The fourth-order valence-electron chi connectivity index (χ4n) is 0.990. The van der Waals surface area contributed by atoms with Gasteiger partial charge in [0.05, 0.1) is 0 Å². The van der Waals surface area contributed by atoms with Crippen molar-refractivity contribution >= 4 is 21.8 Å². The van der Waals surface area contributed by atoms with Crippen molar-refractivity contribution in [2.75, 3.05) is 0 Å². The maximum absolute atomic E-state index is 11.3. The minimum Gasteiger partial charge on any atom is -0.356 e. The molecule has 1 heterocycles. The first-order chi connectivity index (χ1) is 5.75. The normalized spacial score (nSPS) is 16.1. The average molecular weight is 229 g/mol. The molecule has 0 saturated heterocycles. The first-order valence-corrected chi connectivity index (χ1v) is 4.70. The Hall–Kier alpha value is -0.770. The van der Waals surface area contributed by atoms with Crippen LogP contribution in [0.1, 0.15) is 23.3 Å². The Kier molecular flexibility index (Phi) is 1.92. The highest BCUT2D eigenvalue weighted by Crippen LogP contribution is 2.19. The molecule has 2 N–H and O–H groups in total. The number of hydrogen-bond donors (Lipinski definition) is 2. The summed E-state index contributed by atoms with van der Waals surface area (Å²) in [6, 6.07) is 2.19. The maximum Gasteiger partial charge on any atom is 0.267 e. The molecule has 0 atom stereocenters. The van der Waals surface area contributed by atoms with Crippen molar-refractivity contribution in [2.24, 2.45) is 0 Å². The molecule has 1 aliphatic carbocycles. The van der Waals surface area contributed by atoms with Crippen molar-refractivity contribution in [3.63, 3.8) is 0 Å². The van der Waals surface area contributed by atoms with Crippen molar-refractivity contribution in [2.45, 2.75) is 18.9 Å². The van der Waals surface area contributed by atoms with Crippen LogP contribution in [0, 0.1) is 0 Å². The predicted molar refractivity (Wildman–Crippen MR) is 49.0 cm³/mol. The molecule has 1 aliphatic rings. The van der Waals surface area contributed by atoms with Crippen molar-refractivity contribution in [3.05, 3.63) is 22.4 Å². The van der Waals surface area contributed by atoms with Gasteiger partial charge in [-0.1, -0.05) is 0 Å². The highest BCUT2D eigenvalue weighted by molar-refractivity contribution is 9.10. The molecular formula is C8H9BrN2O. The second-order valence-corrected chi connectivity index (χ2v) is 3.89. The largest absolute Gasteiger partial charge is 0.356 e. The summed E-state index contributed by atoms with van der Waals surface area (Å²) in [5.74, 6) is -0.0109. The molecule has 3 nitrogen and oxygen atoms in total. The van der Waals surface area contributed by atoms with Gasteiger partial charge in [0, 0.05) is 16.7 Å². The van der Waals surface area contributed by atoms with E-state index < -0.39 is 0 Å². The number of H-pyrrole nitrogens is 1. The smallest absolute Gasteiger partial charge is 0.267 e. The lowest BCUT2D eigenvalue weighted by molar-refractivity contribution is 0.0946. The van der Waals surface area contributed by atoms with E-state index in [0.717, 1.165) is 17.3 Å². The van der Waals surface area contributed by atoms with Gasteiger partial charge in [-0.2, -0.15) is 0 Å². The number of rotatable bonds is 2. The molecule has 2 rings (SSSR count). The topological polar surface area (TPSA) is 44.9 Å². The molecular weight excluding hydrogens is 220 g/mol. The first-order valence-electron chi connectivity index (χ1n) is 3.90. The van der Waals surface area contributed by atoms with Crippen LogP contribution in [-0.2, 0) is 0 Å². The molecule has 0 aliphatic heterocycles. The number of nitrogens with one attached hydrogen (secondary N) is 2. The summed E-state index contributed by atoms with van der Waals surface area (Å²) in [7, 11) is 0. The van der Waals surface area contributed by atoms with Crippen molar-refractivity contribution in [3.8, 4) is 0 Å². The van der Waals surface area contributed by atoms with Gasteiger partial charge in [-0.3, -0.25) is 4.79 Å². The Bertz CT molecular complexity index is 304. The molecule has 12 heavy (non-hydrogen) atoms. The van der Waals surface area contributed by atoms with Crippen molar-refractivity contribution < 1.29 is 4.79 Å². The summed E-state index contributed by atoms with van der Waals surface area (Å²) >= 11 is 3.27. The van der Waals surface area contributed by atoms with Gasteiger partial charge < -0.3 is 10.3 Å². The standard InChI is InChI=1S/C8H9BrN2O/c9-5-3-7(10-4-5)8(12)11-6-1-2-6/h3-4,6,10H,1-2H2,(H,11,12). The Morgan fingerprint density at radius 1 is 1.67 bits per heavy atom. The molecule has 1 aromatic heterocycles. The highest BCUT2D eigenvalue weighted by Gasteiger charge is 2.24. The predicted octanol–water partition coefficient (Wildman–Crippen LogP) is 1.67. The third kappa shape index (κ3) is 1.69. The van der Waals surface area contributed by atoms with Crippen LogP contribution in [0.4, 0.5) is 0 Å². The zero-order valence-electron chi connectivity index (χ0n) is 6.43. The number of amides is 1. The summed E-state index contributed by atoms with van der Waals surface area (Å²) in [6.45, 7) is 0. The average Bonchev–Trinajstić information content (AvgIpc) is 2.72. The minimum absolute atomic E-state index is 0.0109. The first kappa shape index (κ1) is 7.86. The third-order valence-electron chi connectivity index (χ3n) is 1.80. The lowest BCUT2D eigenvalue weighted by Gasteiger charge is -1.98. The zero-order valence-corrected chi connectivity index (χ0v) is 8.02. The Balaban J connectivity index is 2.03. The van der Waals surface area contributed by atoms with Crippen LogP contribution in [0.5, 0.6) is 0 Å². The third-order valence-corrected chi connectivity index (χ3v) is 2.26. The van der Waals surface area contributed by atoms with E-state index in [1.54, 1.807) is 12.3 Å². The highest BCUT2D eigenvalue weighted by atomic mass is 79.9. The van der Waals surface area contributed by atoms with Crippen LogP contribution < -0.4 is 5.32 Å². The monoisotopic (exact) mass is 228 g/mol. The van der Waals surface area contributed by atoms with E-state index >= 15 is 0 Å². The fraction of sp³-hybridized carbons (Fsp3) is 0.375. The van der Waals surface area contributed by atoms with Gasteiger partial charge in [0.1, 0.15) is 5.69 Å². The Morgan fingerprint density at radius 3 is 2.92 bits per heavy atom. The van der Waals surface area contributed by atoms with Gasteiger partial charge in [0.2, 0.25) is 0 Å². The van der Waals surface area contributed by atoms with E-state index in [0.29, 0.717) is 11.7 Å². The molecule has 0 radical (unpaired) electrons. The fourth-order valence-corrected chi connectivity index (χ4v) is 1.33. The van der Waals surface area contributed by atoms with E-state index in [2.05, 4.69) is 26.2 Å². The summed E-state index contributed by atoms with van der Waals surface area (Å²) in [5, 5.41) is 2.89. The summed E-state index contributed by atoms with van der Waals surface area (Å²) < 4.78 is 0.906. The Morgan fingerprint density at radius 2 is 2.42 bits per heavy atom. The number of halogens is 1. The lowest BCUT2D eigenvalue weighted by atomic mass is 10.4. The minimum atomic E-state index is -0.0109. The van der Waals surface area contributed by atoms with E-state index in [9.17, 15) is 4.79 Å². The molecule has 64 valence electrons. The van der Waals surface area contributed by atoms with Crippen LogP contribution in [0.3, 0.4) is 0 Å². The second kappa shape index (κ2) is 2.94. The molecule has 1 saturated carbocycles. The molecule has 1 fully saturated rings. The van der Waals surface area contributed by atoms with Crippen LogP contribution in [-0.4, -0.2) is 16.9 Å². The van der Waals surface area contributed by atoms with Crippen LogP contribution in [0.25, 0.3) is 0 Å². The van der Waals surface area contributed by atoms with E-state index in [1.165, 1.54) is 0 Å². The van der Waals surface area contributed by atoms with Gasteiger partial charge in [-0.05, 0) is 34.8 Å². The quantitative estimate of drug-likeness (QED) is 0.795. The van der Waals surface area contributed by atoms with E-state index in [1.807, 2.05) is 0 Å². The molecule has 0 unspecified atom stereocenters. The molecule has 4 heteroatoms. The SMILES string of the molecule is O=C(NC1CC1)c1cc(Br)c[nH]1. The van der Waals surface area contributed by atoms with Gasteiger partial charge in [0.25, 0.3) is 5.91 Å². The van der Waals surface area contributed by atoms with Gasteiger partial charge in [-0.15, -0.1) is 0 Å².